The Morgan fingerprint density at radius 1 is 1.07 bits per heavy atom. The van der Waals surface area contributed by atoms with Crippen molar-refractivity contribution in [3.05, 3.63) is 65.0 Å². The minimum Gasteiger partial charge on any atom is -0.497 e. The molecule has 0 atom stereocenters. The standard InChI is InChI=1S/C21H27FN4O2/c1-4-23-21(25-13-17-7-10-19(22)15(2)11-17)26-14-20(27)24-12-16-5-8-18(28-3)9-6-16/h5-11H,4,12-14H2,1-3H3,(H,24,27)(H2,23,25,26). The molecule has 0 aliphatic rings. The average Bonchev–Trinajstić information content (AvgIpc) is 2.71. The van der Waals surface area contributed by atoms with Gasteiger partial charge in [0.25, 0.3) is 0 Å². The number of guanidine groups is 1. The first-order valence-corrected chi connectivity index (χ1v) is 9.18. The van der Waals surface area contributed by atoms with Gasteiger partial charge in [0.1, 0.15) is 11.6 Å². The molecule has 0 saturated heterocycles. The molecule has 0 fully saturated rings. The number of aliphatic imine (C=N–C) groups is 1. The Morgan fingerprint density at radius 3 is 2.43 bits per heavy atom. The third-order valence-electron chi connectivity index (χ3n) is 4.05. The van der Waals surface area contributed by atoms with E-state index in [-0.39, 0.29) is 18.3 Å². The van der Waals surface area contributed by atoms with Gasteiger partial charge in [-0.25, -0.2) is 9.38 Å². The number of aryl methyl sites for hydroxylation is 1. The summed E-state index contributed by atoms with van der Waals surface area (Å²) in [6, 6.07) is 12.4. The van der Waals surface area contributed by atoms with E-state index in [0.717, 1.165) is 16.9 Å². The van der Waals surface area contributed by atoms with Crippen LogP contribution in [0.4, 0.5) is 4.39 Å². The van der Waals surface area contributed by atoms with E-state index < -0.39 is 0 Å². The molecule has 1 amide bonds. The van der Waals surface area contributed by atoms with Crippen LogP contribution in [0.3, 0.4) is 0 Å². The number of nitrogens with one attached hydrogen (secondary N) is 3. The minimum atomic E-state index is -0.230. The van der Waals surface area contributed by atoms with Gasteiger partial charge in [-0.3, -0.25) is 4.79 Å². The number of carbonyl (C=O) groups is 1. The smallest absolute Gasteiger partial charge is 0.239 e. The fraction of sp³-hybridized carbons (Fsp3) is 0.333. The highest BCUT2D eigenvalue weighted by Gasteiger charge is 2.05. The van der Waals surface area contributed by atoms with Crippen LogP contribution in [-0.4, -0.2) is 32.1 Å². The zero-order valence-corrected chi connectivity index (χ0v) is 16.5. The van der Waals surface area contributed by atoms with Gasteiger partial charge in [-0.2, -0.15) is 0 Å². The number of ether oxygens (including phenoxy) is 1. The SMILES string of the molecule is CCNC(=NCc1ccc(F)c(C)c1)NCC(=O)NCc1ccc(OC)cc1. The van der Waals surface area contributed by atoms with Crippen molar-refractivity contribution in [2.24, 2.45) is 4.99 Å². The Morgan fingerprint density at radius 2 is 1.79 bits per heavy atom. The van der Waals surface area contributed by atoms with Crippen molar-refractivity contribution < 1.29 is 13.9 Å². The summed E-state index contributed by atoms with van der Waals surface area (Å²) in [6.07, 6.45) is 0. The first kappa shape index (κ1) is 21.2. The Balaban J connectivity index is 1.83. The summed E-state index contributed by atoms with van der Waals surface area (Å²) in [4.78, 5) is 16.5. The highest BCUT2D eigenvalue weighted by molar-refractivity contribution is 5.86. The summed E-state index contributed by atoms with van der Waals surface area (Å²) in [7, 11) is 1.61. The second-order valence-electron chi connectivity index (χ2n) is 6.26. The fourth-order valence-corrected chi connectivity index (χ4v) is 2.49. The number of halogens is 1. The third-order valence-corrected chi connectivity index (χ3v) is 4.05. The molecule has 0 radical (unpaired) electrons. The lowest BCUT2D eigenvalue weighted by Gasteiger charge is -2.12. The Hall–Kier alpha value is -3.09. The number of hydrogen-bond donors (Lipinski definition) is 3. The monoisotopic (exact) mass is 386 g/mol. The summed E-state index contributed by atoms with van der Waals surface area (Å²) in [6.45, 7) is 5.27. The molecule has 2 aromatic rings. The van der Waals surface area contributed by atoms with E-state index in [0.29, 0.717) is 31.2 Å². The molecule has 3 N–H and O–H groups in total. The predicted octanol–water partition coefficient (Wildman–Crippen LogP) is 2.51. The van der Waals surface area contributed by atoms with Crippen molar-refractivity contribution in [2.75, 3.05) is 20.2 Å². The summed E-state index contributed by atoms with van der Waals surface area (Å²) in [5.74, 6) is 0.939. The quantitative estimate of drug-likeness (QED) is 0.481. The second-order valence-corrected chi connectivity index (χ2v) is 6.26. The molecule has 0 bridgehead atoms. The Bertz CT molecular complexity index is 807. The molecule has 0 spiro atoms. The molecule has 150 valence electrons. The van der Waals surface area contributed by atoms with Gasteiger partial charge in [0.15, 0.2) is 5.96 Å². The molecular formula is C21H27FN4O2. The van der Waals surface area contributed by atoms with Crippen molar-refractivity contribution in [1.29, 1.82) is 0 Å². The van der Waals surface area contributed by atoms with Crippen molar-refractivity contribution in [3.8, 4) is 5.75 Å². The Kier molecular flexibility index (Phi) is 8.27. The van der Waals surface area contributed by atoms with Crippen molar-refractivity contribution in [3.63, 3.8) is 0 Å². The molecule has 2 rings (SSSR count). The first-order valence-electron chi connectivity index (χ1n) is 9.18. The van der Waals surface area contributed by atoms with Crippen LogP contribution in [0.5, 0.6) is 5.75 Å². The van der Waals surface area contributed by atoms with E-state index in [1.807, 2.05) is 31.2 Å². The van der Waals surface area contributed by atoms with Crippen LogP contribution in [-0.2, 0) is 17.9 Å². The molecule has 6 nitrogen and oxygen atoms in total. The predicted molar refractivity (Wildman–Crippen MR) is 109 cm³/mol. The molecule has 0 unspecified atom stereocenters. The van der Waals surface area contributed by atoms with E-state index >= 15 is 0 Å². The van der Waals surface area contributed by atoms with Gasteiger partial charge in [0, 0.05) is 13.1 Å². The fourth-order valence-electron chi connectivity index (χ4n) is 2.49. The third kappa shape index (κ3) is 6.90. The van der Waals surface area contributed by atoms with Gasteiger partial charge < -0.3 is 20.7 Å². The number of methoxy groups -OCH3 is 1. The maximum Gasteiger partial charge on any atom is 0.239 e. The van der Waals surface area contributed by atoms with Gasteiger partial charge in [-0.15, -0.1) is 0 Å². The number of carbonyl (C=O) groups excluding carboxylic acids is 1. The maximum absolute atomic E-state index is 13.3. The summed E-state index contributed by atoms with van der Waals surface area (Å²) < 4.78 is 18.5. The molecule has 0 heterocycles. The zero-order chi connectivity index (χ0) is 20.4. The average molecular weight is 386 g/mol. The van der Waals surface area contributed by atoms with Crippen molar-refractivity contribution in [1.82, 2.24) is 16.0 Å². The number of amides is 1. The molecule has 0 aromatic heterocycles. The minimum absolute atomic E-state index is 0.102. The second kappa shape index (κ2) is 10.9. The summed E-state index contributed by atoms with van der Waals surface area (Å²) in [5.41, 5.74) is 2.48. The number of hydrogen-bond acceptors (Lipinski definition) is 3. The zero-order valence-electron chi connectivity index (χ0n) is 16.5. The normalized spacial score (nSPS) is 11.1. The van der Waals surface area contributed by atoms with Crippen LogP contribution in [0.1, 0.15) is 23.6 Å². The lowest BCUT2D eigenvalue weighted by atomic mass is 10.1. The molecule has 2 aromatic carbocycles. The number of rotatable bonds is 8. The molecule has 0 aliphatic carbocycles. The van der Waals surface area contributed by atoms with Gasteiger partial charge in [-0.05, 0) is 48.7 Å². The van der Waals surface area contributed by atoms with E-state index in [9.17, 15) is 9.18 Å². The topological polar surface area (TPSA) is 74.8 Å². The lowest BCUT2D eigenvalue weighted by molar-refractivity contribution is -0.120. The lowest BCUT2D eigenvalue weighted by Crippen LogP contribution is -2.43. The Labute approximate surface area is 165 Å². The molecular weight excluding hydrogens is 359 g/mol. The van der Waals surface area contributed by atoms with E-state index in [4.69, 9.17) is 4.74 Å². The van der Waals surface area contributed by atoms with Gasteiger partial charge in [0.05, 0.1) is 20.2 Å². The van der Waals surface area contributed by atoms with Crippen LogP contribution in [0.25, 0.3) is 0 Å². The number of nitrogens with zero attached hydrogens (tertiary/aromatic N) is 1. The van der Waals surface area contributed by atoms with Crippen LogP contribution in [0, 0.1) is 12.7 Å². The van der Waals surface area contributed by atoms with Crippen LogP contribution in [0.2, 0.25) is 0 Å². The maximum atomic E-state index is 13.3. The van der Waals surface area contributed by atoms with Crippen molar-refractivity contribution in [2.45, 2.75) is 26.9 Å². The highest BCUT2D eigenvalue weighted by atomic mass is 19.1. The van der Waals surface area contributed by atoms with Crippen molar-refractivity contribution >= 4 is 11.9 Å². The largest absolute Gasteiger partial charge is 0.497 e. The molecule has 0 saturated carbocycles. The van der Waals surface area contributed by atoms with E-state index in [1.54, 1.807) is 26.2 Å². The van der Waals surface area contributed by atoms with E-state index in [1.165, 1.54) is 6.07 Å². The molecule has 28 heavy (non-hydrogen) atoms. The molecule has 7 heteroatoms. The van der Waals surface area contributed by atoms with E-state index in [2.05, 4.69) is 20.9 Å². The molecule has 0 aliphatic heterocycles. The van der Waals surface area contributed by atoms with Gasteiger partial charge in [0.2, 0.25) is 5.91 Å². The number of benzene rings is 2. The van der Waals surface area contributed by atoms with Crippen LogP contribution >= 0.6 is 0 Å². The van der Waals surface area contributed by atoms with Crippen LogP contribution in [0.15, 0.2) is 47.5 Å². The van der Waals surface area contributed by atoms with Gasteiger partial charge in [-0.1, -0.05) is 24.3 Å². The van der Waals surface area contributed by atoms with Crippen LogP contribution < -0.4 is 20.7 Å². The van der Waals surface area contributed by atoms with Gasteiger partial charge >= 0.3 is 0 Å². The highest BCUT2D eigenvalue weighted by Crippen LogP contribution is 2.11. The summed E-state index contributed by atoms with van der Waals surface area (Å²) in [5, 5.41) is 8.95. The first-order chi connectivity index (χ1) is 13.5. The summed E-state index contributed by atoms with van der Waals surface area (Å²) >= 11 is 0.